The molecule has 3 aromatic carbocycles. The van der Waals surface area contributed by atoms with Gasteiger partial charge in [0.15, 0.2) is 0 Å². The molecule has 0 aliphatic rings. The van der Waals surface area contributed by atoms with Crippen LogP contribution in [0.3, 0.4) is 0 Å². The van der Waals surface area contributed by atoms with Crippen molar-refractivity contribution in [3.63, 3.8) is 0 Å². The van der Waals surface area contributed by atoms with Gasteiger partial charge >= 0.3 is 0 Å². The molecular weight excluding hydrogens is 472 g/mol. The number of aromatic nitrogens is 1. The molecule has 0 unspecified atom stereocenters. The van der Waals surface area contributed by atoms with Gasteiger partial charge < -0.3 is 20.9 Å². The van der Waals surface area contributed by atoms with Gasteiger partial charge in [-0.25, -0.2) is 0 Å². The molecule has 2 amide bonds. The van der Waals surface area contributed by atoms with E-state index in [0.717, 1.165) is 34.0 Å². The first-order chi connectivity index (χ1) is 17.5. The van der Waals surface area contributed by atoms with Crippen LogP contribution in [0.15, 0.2) is 85.1 Å². The monoisotopic (exact) mass is 502 g/mol. The van der Waals surface area contributed by atoms with Crippen LogP contribution < -0.4 is 16.0 Å². The molecule has 4 aromatic rings. The first kappa shape index (κ1) is 25.5. The van der Waals surface area contributed by atoms with Crippen molar-refractivity contribution in [2.24, 2.45) is 0 Å². The summed E-state index contributed by atoms with van der Waals surface area (Å²) in [5.74, 6) is -0.429. The molecule has 7 heteroatoms. The van der Waals surface area contributed by atoms with Gasteiger partial charge in [-0.2, -0.15) is 0 Å². The molecule has 36 heavy (non-hydrogen) atoms. The highest BCUT2D eigenvalue weighted by Gasteiger charge is 2.24. The van der Waals surface area contributed by atoms with Crippen LogP contribution in [-0.2, 0) is 29.0 Å². The zero-order chi connectivity index (χ0) is 25.3. The summed E-state index contributed by atoms with van der Waals surface area (Å²) in [7, 11) is 0. The Hall–Kier alpha value is -3.61. The van der Waals surface area contributed by atoms with Crippen LogP contribution in [-0.4, -0.2) is 35.4 Å². The number of para-hydroxylation sites is 1. The molecule has 0 saturated carbocycles. The van der Waals surface area contributed by atoms with Crippen molar-refractivity contribution in [2.45, 2.75) is 38.4 Å². The minimum Gasteiger partial charge on any atom is -0.361 e. The maximum atomic E-state index is 13.2. The third-order valence-electron chi connectivity index (χ3n) is 6.21. The van der Waals surface area contributed by atoms with E-state index in [1.54, 1.807) is 6.92 Å². The highest BCUT2D eigenvalue weighted by Crippen LogP contribution is 2.19. The van der Waals surface area contributed by atoms with E-state index in [9.17, 15) is 9.59 Å². The lowest BCUT2D eigenvalue weighted by molar-refractivity contribution is -0.129. The van der Waals surface area contributed by atoms with Crippen molar-refractivity contribution in [3.8, 4) is 0 Å². The van der Waals surface area contributed by atoms with Crippen LogP contribution in [0.4, 0.5) is 0 Å². The number of carbonyl (C=O) groups is 2. The minimum atomic E-state index is -0.702. The summed E-state index contributed by atoms with van der Waals surface area (Å²) in [6.07, 6.45) is 3.01. The molecule has 1 heterocycles. The third-order valence-corrected chi connectivity index (χ3v) is 6.46. The topological polar surface area (TPSA) is 86.0 Å². The fourth-order valence-electron chi connectivity index (χ4n) is 4.09. The van der Waals surface area contributed by atoms with E-state index in [0.29, 0.717) is 24.5 Å². The maximum absolute atomic E-state index is 13.2. The standard InChI is InChI=1S/C29H31ClN4O2/c1-20(32-18-22-11-13-24(30)14-12-22)28(35)34-27(17-23-19-33-26-10-6-5-9-25(23)26)29(36)31-16-15-21-7-3-2-4-8-21/h2-14,19-20,27,32-33H,15-18H2,1H3,(H,31,36)(H,34,35)/t20-,27-/m0/s1. The predicted octanol–water partition coefficient (Wildman–Crippen LogP) is 4.39. The molecule has 0 saturated heterocycles. The molecule has 1 aromatic heterocycles. The summed E-state index contributed by atoms with van der Waals surface area (Å²) < 4.78 is 0. The Kier molecular flexibility index (Phi) is 8.76. The molecule has 4 N–H and O–H groups in total. The van der Waals surface area contributed by atoms with Gasteiger partial charge in [0.1, 0.15) is 6.04 Å². The van der Waals surface area contributed by atoms with Gasteiger partial charge in [0, 0.05) is 41.6 Å². The van der Waals surface area contributed by atoms with Crippen molar-refractivity contribution < 1.29 is 9.59 Å². The van der Waals surface area contributed by atoms with Gasteiger partial charge in [0.2, 0.25) is 11.8 Å². The first-order valence-corrected chi connectivity index (χ1v) is 12.5. The zero-order valence-electron chi connectivity index (χ0n) is 20.3. The quantitative estimate of drug-likeness (QED) is 0.245. The summed E-state index contributed by atoms with van der Waals surface area (Å²) in [5, 5.41) is 10.9. The molecule has 0 radical (unpaired) electrons. The number of hydrogen-bond donors (Lipinski definition) is 4. The second-order valence-electron chi connectivity index (χ2n) is 8.88. The average molecular weight is 503 g/mol. The van der Waals surface area contributed by atoms with Crippen molar-refractivity contribution in [2.75, 3.05) is 6.54 Å². The SMILES string of the molecule is C[C@H](NCc1ccc(Cl)cc1)C(=O)N[C@@H](Cc1c[nH]c2ccccc12)C(=O)NCCc1ccccc1. The molecule has 0 bridgehead atoms. The molecule has 4 rings (SSSR count). The summed E-state index contributed by atoms with van der Waals surface area (Å²) in [6.45, 7) is 2.80. The first-order valence-electron chi connectivity index (χ1n) is 12.1. The molecule has 0 fully saturated rings. The highest BCUT2D eigenvalue weighted by molar-refractivity contribution is 6.30. The maximum Gasteiger partial charge on any atom is 0.242 e. The molecule has 0 aliphatic carbocycles. The van der Waals surface area contributed by atoms with Gasteiger partial charge in [-0.3, -0.25) is 9.59 Å². The van der Waals surface area contributed by atoms with E-state index in [1.165, 1.54) is 0 Å². The van der Waals surface area contributed by atoms with Gasteiger partial charge in [-0.15, -0.1) is 0 Å². The number of benzene rings is 3. The summed E-state index contributed by atoms with van der Waals surface area (Å²) in [5.41, 5.74) is 4.15. The number of carbonyl (C=O) groups excluding carboxylic acids is 2. The largest absolute Gasteiger partial charge is 0.361 e. The number of amides is 2. The second kappa shape index (κ2) is 12.4. The molecule has 0 spiro atoms. The van der Waals surface area contributed by atoms with Crippen LogP contribution in [0.2, 0.25) is 5.02 Å². The van der Waals surface area contributed by atoms with E-state index >= 15 is 0 Å². The van der Waals surface area contributed by atoms with Crippen molar-refractivity contribution in [3.05, 3.63) is 107 Å². The zero-order valence-corrected chi connectivity index (χ0v) is 21.0. The second-order valence-corrected chi connectivity index (χ2v) is 9.32. The van der Waals surface area contributed by atoms with E-state index in [1.807, 2.05) is 85.1 Å². The number of nitrogens with one attached hydrogen (secondary N) is 4. The molecule has 186 valence electrons. The van der Waals surface area contributed by atoms with E-state index < -0.39 is 12.1 Å². The van der Waals surface area contributed by atoms with Gasteiger partial charge in [0.25, 0.3) is 0 Å². The highest BCUT2D eigenvalue weighted by atomic mass is 35.5. The van der Waals surface area contributed by atoms with Gasteiger partial charge in [-0.1, -0.05) is 72.3 Å². The fraction of sp³-hybridized carbons (Fsp3) is 0.241. The number of aromatic amines is 1. The Morgan fingerprint density at radius 3 is 2.39 bits per heavy atom. The van der Waals surface area contributed by atoms with E-state index in [4.69, 9.17) is 11.6 Å². The van der Waals surface area contributed by atoms with Crippen LogP contribution in [0.25, 0.3) is 10.9 Å². The normalized spacial score (nSPS) is 12.7. The smallest absolute Gasteiger partial charge is 0.242 e. The van der Waals surface area contributed by atoms with Crippen LogP contribution in [0, 0.1) is 0 Å². The minimum absolute atomic E-state index is 0.200. The van der Waals surface area contributed by atoms with Crippen molar-refractivity contribution >= 4 is 34.3 Å². The number of rotatable bonds is 11. The third kappa shape index (κ3) is 6.97. The summed E-state index contributed by atoms with van der Waals surface area (Å²) in [4.78, 5) is 29.5. The molecule has 2 atom stereocenters. The molecule has 0 aliphatic heterocycles. The summed E-state index contributed by atoms with van der Waals surface area (Å²) >= 11 is 5.95. The van der Waals surface area contributed by atoms with E-state index in [-0.39, 0.29) is 11.8 Å². The van der Waals surface area contributed by atoms with Crippen LogP contribution in [0.5, 0.6) is 0 Å². The Morgan fingerprint density at radius 1 is 0.889 bits per heavy atom. The summed E-state index contributed by atoms with van der Waals surface area (Å²) in [6, 6.07) is 24.2. The predicted molar refractivity (Wildman–Crippen MR) is 145 cm³/mol. The Bertz CT molecular complexity index is 1290. The Morgan fingerprint density at radius 2 is 1.61 bits per heavy atom. The van der Waals surface area contributed by atoms with Gasteiger partial charge in [-0.05, 0) is 48.2 Å². The Labute approximate surface area is 216 Å². The molecular formula is C29H31ClN4O2. The van der Waals surface area contributed by atoms with Crippen LogP contribution >= 0.6 is 11.6 Å². The molecule has 6 nitrogen and oxygen atoms in total. The Balaban J connectivity index is 1.40. The van der Waals surface area contributed by atoms with Crippen molar-refractivity contribution in [1.82, 2.24) is 20.9 Å². The lowest BCUT2D eigenvalue weighted by atomic mass is 10.0. The number of halogens is 1. The van der Waals surface area contributed by atoms with Gasteiger partial charge in [0.05, 0.1) is 6.04 Å². The number of fused-ring (bicyclic) bond motifs is 1. The lowest BCUT2D eigenvalue weighted by Gasteiger charge is -2.21. The number of hydrogen-bond acceptors (Lipinski definition) is 3. The van der Waals surface area contributed by atoms with Crippen molar-refractivity contribution in [1.29, 1.82) is 0 Å². The lowest BCUT2D eigenvalue weighted by Crippen LogP contribution is -2.53. The van der Waals surface area contributed by atoms with Crippen LogP contribution in [0.1, 0.15) is 23.6 Å². The fourth-order valence-corrected chi connectivity index (χ4v) is 4.22. The van der Waals surface area contributed by atoms with E-state index in [2.05, 4.69) is 20.9 Å². The number of H-pyrrole nitrogens is 1. The average Bonchev–Trinajstić information content (AvgIpc) is 3.31.